The molecule has 118 valence electrons. The van der Waals surface area contributed by atoms with Crippen molar-refractivity contribution in [2.24, 2.45) is 0 Å². The molecule has 1 aliphatic heterocycles. The Morgan fingerprint density at radius 3 is 2.12 bits per heavy atom. The van der Waals surface area contributed by atoms with Gasteiger partial charge >= 0.3 is 0 Å². The molecule has 3 aromatic carbocycles. The minimum Gasteiger partial charge on any atom is -0.333 e. The van der Waals surface area contributed by atoms with Crippen molar-refractivity contribution in [1.29, 1.82) is 0 Å². The highest BCUT2D eigenvalue weighted by Gasteiger charge is 2.54. The Balaban J connectivity index is 1.81. The van der Waals surface area contributed by atoms with E-state index in [0.29, 0.717) is 12.0 Å². The van der Waals surface area contributed by atoms with Gasteiger partial charge in [0.15, 0.2) is 0 Å². The number of hydrogen-bond donors (Lipinski definition) is 0. The molecular formula is C23H21N. The van der Waals surface area contributed by atoms with E-state index in [4.69, 9.17) is 0 Å². The van der Waals surface area contributed by atoms with Crippen molar-refractivity contribution >= 4 is 11.4 Å². The molecule has 1 nitrogen and oxygen atoms in total. The lowest BCUT2D eigenvalue weighted by molar-refractivity contribution is 0.420. The largest absolute Gasteiger partial charge is 0.333 e. The minimum atomic E-state index is 0.140. The zero-order valence-corrected chi connectivity index (χ0v) is 14.1. The lowest BCUT2D eigenvalue weighted by Gasteiger charge is -2.30. The first kappa shape index (κ1) is 13.9. The Hall–Kier alpha value is -2.54. The number of nitrogens with zero attached hydrogens (tertiary/aromatic N) is 1. The molecule has 5 rings (SSSR count). The number of rotatable bonds is 1. The lowest BCUT2D eigenvalue weighted by Crippen LogP contribution is -2.24. The third-order valence-electron chi connectivity index (χ3n) is 5.91. The average molecular weight is 311 g/mol. The van der Waals surface area contributed by atoms with Gasteiger partial charge in [-0.3, -0.25) is 0 Å². The SMILES string of the molecule is CC1(C)c2ccccc2C2C1c1ccccc1N2c1ccccc1. The second kappa shape index (κ2) is 4.73. The summed E-state index contributed by atoms with van der Waals surface area (Å²) in [6.07, 6.45) is 0. The van der Waals surface area contributed by atoms with Crippen molar-refractivity contribution in [3.8, 4) is 0 Å². The minimum absolute atomic E-state index is 0.140. The molecule has 1 heteroatoms. The highest BCUT2D eigenvalue weighted by molar-refractivity contribution is 5.76. The Morgan fingerprint density at radius 1 is 0.708 bits per heavy atom. The van der Waals surface area contributed by atoms with E-state index in [-0.39, 0.29) is 5.41 Å². The molecular weight excluding hydrogens is 290 g/mol. The maximum atomic E-state index is 2.55. The van der Waals surface area contributed by atoms with Gasteiger partial charge in [-0.15, -0.1) is 0 Å². The Morgan fingerprint density at radius 2 is 1.33 bits per heavy atom. The number of anilines is 2. The molecule has 24 heavy (non-hydrogen) atoms. The molecule has 2 atom stereocenters. The van der Waals surface area contributed by atoms with Gasteiger partial charge in [0.25, 0.3) is 0 Å². The van der Waals surface area contributed by atoms with Crippen molar-refractivity contribution in [2.75, 3.05) is 4.90 Å². The molecule has 0 bridgehead atoms. The third kappa shape index (κ3) is 1.65. The van der Waals surface area contributed by atoms with Crippen LogP contribution in [0.5, 0.6) is 0 Å². The Labute approximate surface area is 143 Å². The van der Waals surface area contributed by atoms with Gasteiger partial charge in [0, 0.05) is 17.3 Å². The van der Waals surface area contributed by atoms with Crippen molar-refractivity contribution in [2.45, 2.75) is 31.2 Å². The van der Waals surface area contributed by atoms with E-state index in [2.05, 4.69) is 97.6 Å². The van der Waals surface area contributed by atoms with Crippen LogP contribution in [0.25, 0.3) is 0 Å². The molecule has 0 aromatic heterocycles. The first-order valence-electron chi connectivity index (χ1n) is 8.72. The fraction of sp³-hybridized carbons (Fsp3) is 0.217. The molecule has 0 fully saturated rings. The van der Waals surface area contributed by atoms with E-state index < -0.39 is 0 Å². The van der Waals surface area contributed by atoms with E-state index >= 15 is 0 Å². The van der Waals surface area contributed by atoms with Crippen LogP contribution in [0.15, 0.2) is 78.9 Å². The van der Waals surface area contributed by atoms with Crippen LogP contribution in [0.4, 0.5) is 11.4 Å². The highest BCUT2D eigenvalue weighted by atomic mass is 15.2. The number of benzene rings is 3. The monoisotopic (exact) mass is 311 g/mol. The summed E-state index contributed by atoms with van der Waals surface area (Å²) in [5.41, 5.74) is 7.24. The van der Waals surface area contributed by atoms with Crippen LogP contribution in [-0.2, 0) is 5.41 Å². The molecule has 3 aromatic rings. The third-order valence-corrected chi connectivity index (χ3v) is 5.91. The van der Waals surface area contributed by atoms with Crippen LogP contribution in [0.3, 0.4) is 0 Å². The summed E-state index contributed by atoms with van der Waals surface area (Å²) in [6, 6.07) is 29.2. The fourth-order valence-corrected chi connectivity index (χ4v) is 4.94. The predicted octanol–water partition coefficient (Wildman–Crippen LogP) is 5.95. The van der Waals surface area contributed by atoms with Crippen LogP contribution in [0.2, 0.25) is 0 Å². The second-order valence-corrected chi connectivity index (χ2v) is 7.50. The zero-order chi connectivity index (χ0) is 16.3. The van der Waals surface area contributed by atoms with E-state index in [1.807, 2.05) is 0 Å². The van der Waals surface area contributed by atoms with Crippen LogP contribution in [0.1, 0.15) is 42.5 Å². The smallest absolute Gasteiger partial charge is 0.0672 e. The molecule has 0 saturated carbocycles. The normalized spacial score (nSPS) is 22.8. The molecule has 0 saturated heterocycles. The van der Waals surface area contributed by atoms with Crippen molar-refractivity contribution < 1.29 is 0 Å². The summed E-state index contributed by atoms with van der Waals surface area (Å²) in [5.74, 6) is 0.492. The van der Waals surface area contributed by atoms with Gasteiger partial charge < -0.3 is 4.90 Å². The highest BCUT2D eigenvalue weighted by Crippen LogP contribution is 2.64. The molecule has 0 radical (unpaired) electrons. The standard InChI is InChI=1S/C23H21N/c1-23(2)19-14-8-6-12-17(19)22-21(23)18-13-7-9-15-20(18)24(22)16-10-4-3-5-11-16/h3-15,21-22H,1-2H3. The van der Waals surface area contributed by atoms with Gasteiger partial charge in [0.1, 0.15) is 0 Å². The van der Waals surface area contributed by atoms with Crippen LogP contribution in [0, 0.1) is 0 Å². The first-order chi connectivity index (χ1) is 11.7. The summed E-state index contributed by atoms with van der Waals surface area (Å²) in [7, 11) is 0. The summed E-state index contributed by atoms with van der Waals surface area (Å²) in [5, 5.41) is 0. The van der Waals surface area contributed by atoms with E-state index in [1.165, 1.54) is 28.1 Å². The van der Waals surface area contributed by atoms with Gasteiger partial charge in [-0.25, -0.2) is 0 Å². The van der Waals surface area contributed by atoms with Gasteiger partial charge in [-0.05, 0) is 40.3 Å². The average Bonchev–Trinajstić information content (AvgIpc) is 3.08. The lowest BCUT2D eigenvalue weighted by atomic mass is 9.75. The van der Waals surface area contributed by atoms with Gasteiger partial charge in [-0.2, -0.15) is 0 Å². The van der Waals surface area contributed by atoms with E-state index in [9.17, 15) is 0 Å². The maximum absolute atomic E-state index is 2.55. The summed E-state index contributed by atoms with van der Waals surface area (Å²) in [6.45, 7) is 4.81. The van der Waals surface area contributed by atoms with Gasteiger partial charge in [0.05, 0.1) is 6.04 Å². The quantitative estimate of drug-likeness (QED) is 0.536. The Bertz CT molecular complexity index is 910. The van der Waals surface area contributed by atoms with Crippen LogP contribution < -0.4 is 4.90 Å². The van der Waals surface area contributed by atoms with Crippen LogP contribution in [-0.4, -0.2) is 0 Å². The summed E-state index contributed by atoms with van der Waals surface area (Å²) in [4.78, 5) is 2.55. The molecule has 2 unspecified atom stereocenters. The van der Waals surface area contributed by atoms with Gasteiger partial charge in [0.2, 0.25) is 0 Å². The van der Waals surface area contributed by atoms with Gasteiger partial charge in [-0.1, -0.05) is 74.5 Å². The summed E-state index contributed by atoms with van der Waals surface area (Å²) < 4.78 is 0. The van der Waals surface area contributed by atoms with Crippen molar-refractivity contribution in [3.63, 3.8) is 0 Å². The zero-order valence-electron chi connectivity index (χ0n) is 14.1. The van der Waals surface area contributed by atoms with Crippen molar-refractivity contribution in [3.05, 3.63) is 95.6 Å². The summed E-state index contributed by atoms with van der Waals surface area (Å²) >= 11 is 0. The molecule has 0 N–H and O–H groups in total. The molecule has 1 heterocycles. The number of para-hydroxylation sites is 2. The number of fused-ring (bicyclic) bond motifs is 5. The maximum Gasteiger partial charge on any atom is 0.0672 e. The first-order valence-corrected chi connectivity index (χ1v) is 8.72. The van der Waals surface area contributed by atoms with E-state index in [0.717, 1.165) is 0 Å². The predicted molar refractivity (Wildman–Crippen MR) is 100.0 cm³/mol. The second-order valence-electron chi connectivity index (χ2n) is 7.50. The number of hydrogen-bond acceptors (Lipinski definition) is 1. The van der Waals surface area contributed by atoms with Crippen LogP contribution >= 0.6 is 0 Å². The topological polar surface area (TPSA) is 3.24 Å². The fourth-order valence-electron chi connectivity index (χ4n) is 4.94. The van der Waals surface area contributed by atoms with Crippen molar-refractivity contribution in [1.82, 2.24) is 0 Å². The molecule has 0 amide bonds. The molecule has 0 spiro atoms. The Kier molecular flexibility index (Phi) is 2.73. The molecule has 2 aliphatic rings. The molecule has 1 aliphatic carbocycles. The van der Waals surface area contributed by atoms with E-state index in [1.54, 1.807) is 0 Å².